The SMILES string of the molecule is Cc1cc(C(=O)O[C@@H](C(=O)NC(N)=O)C(C)C)c(C)o1. The van der Waals surface area contributed by atoms with Gasteiger partial charge in [-0.1, -0.05) is 13.8 Å². The number of nitrogens with two attached hydrogens (primary N) is 1. The normalized spacial score (nSPS) is 12.1. The fraction of sp³-hybridized carbons (Fsp3) is 0.462. The molecule has 7 nitrogen and oxygen atoms in total. The van der Waals surface area contributed by atoms with E-state index in [4.69, 9.17) is 14.9 Å². The summed E-state index contributed by atoms with van der Waals surface area (Å²) in [7, 11) is 0. The summed E-state index contributed by atoms with van der Waals surface area (Å²) in [4.78, 5) is 34.4. The number of esters is 1. The average molecular weight is 282 g/mol. The van der Waals surface area contributed by atoms with Crippen LogP contribution in [0.5, 0.6) is 0 Å². The summed E-state index contributed by atoms with van der Waals surface area (Å²) in [5.41, 5.74) is 5.12. The highest BCUT2D eigenvalue weighted by Crippen LogP contribution is 2.17. The van der Waals surface area contributed by atoms with Gasteiger partial charge in [-0.15, -0.1) is 0 Å². The number of furan rings is 1. The number of amides is 3. The molecule has 3 amide bonds. The lowest BCUT2D eigenvalue weighted by molar-refractivity contribution is -0.130. The first-order chi connectivity index (χ1) is 9.22. The molecule has 1 atom stereocenters. The zero-order chi connectivity index (χ0) is 15.4. The standard InChI is InChI=1S/C13H18N2O5/c1-6(2)10(11(16)15-13(14)18)20-12(17)9-5-7(3)19-8(9)4/h5-6,10H,1-4H3,(H3,14,15,16,18)/t10-/m1/s1. The molecular weight excluding hydrogens is 264 g/mol. The van der Waals surface area contributed by atoms with Crippen LogP contribution in [0.1, 0.15) is 35.7 Å². The molecule has 1 aromatic heterocycles. The monoisotopic (exact) mass is 282 g/mol. The Morgan fingerprint density at radius 2 is 1.90 bits per heavy atom. The van der Waals surface area contributed by atoms with Gasteiger partial charge < -0.3 is 14.9 Å². The van der Waals surface area contributed by atoms with E-state index < -0.39 is 24.0 Å². The van der Waals surface area contributed by atoms with Gasteiger partial charge in [-0.25, -0.2) is 9.59 Å². The molecule has 0 fully saturated rings. The molecule has 0 aliphatic carbocycles. The lowest BCUT2D eigenvalue weighted by Gasteiger charge is -2.19. The number of rotatable bonds is 4. The average Bonchev–Trinajstić information content (AvgIpc) is 2.63. The van der Waals surface area contributed by atoms with Crippen molar-refractivity contribution in [3.8, 4) is 0 Å². The van der Waals surface area contributed by atoms with Crippen molar-refractivity contribution in [2.75, 3.05) is 0 Å². The number of primary amides is 1. The van der Waals surface area contributed by atoms with Gasteiger partial charge in [-0.05, 0) is 25.8 Å². The van der Waals surface area contributed by atoms with Gasteiger partial charge in [0.15, 0.2) is 6.10 Å². The number of aryl methyl sites for hydroxylation is 2. The van der Waals surface area contributed by atoms with Gasteiger partial charge in [0.2, 0.25) is 0 Å². The van der Waals surface area contributed by atoms with E-state index in [0.29, 0.717) is 11.5 Å². The highest BCUT2D eigenvalue weighted by Gasteiger charge is 2.29. The number of carbonyl (C=O) groups is 3. The zero-order valence-electron chi connectivity index (χ0n) is 11.9. The molecule has 0 saturated carbocycles. The van der Waals surface area contributed by atoms with E-state index in [0.717, 1.165) is 0 Å². The molecule has 0 aromatic carbocycles. The molecule has 110 valence electrons. The minimum atomic E-state index is -1.11. The Balaban J connectivity index is 2.86. The van der Waals surface area contributed by atoms with Crippen molar-refractivity contribution in [1.82, 2.24) is 5.32 Å². The predicted octanol–water partition coefficient (Wildman–Crippen LogP) is 1.27. The molecule has 0 unspecified atom stereocenters. The van der Waals surface area contributed by atoms with Crippen LogP contribution >= 0.6 is 0 Å². The second-order valence-corrected chi connectivity index (χ2v) is 4.75. The molecule has 0 spiro atoms. The summed E-state index contributed by atoms with van der Waals surface area (Å²) in [5, 5.41) is 1.90. The molecule has 0 aliphatic heterocycles. The Morgan fingerprint density at radius 3 is 2.30 bits per heavy atom. The maximum absolute atomic E-state index is 12.0. The van der Waals surface area contributed by atoms with Crippen LogP contribution in [0.2, 0.25) is 0 Å². The summed E-state index contributed by atoms with van der Waals surface area (Å²) in [5.74, 6) is -0.773. The van der Waals surface area contributed by atoms with E-state index in [-0.39, 0.29) is 11.5 Å². The topological polar surface area (TPSA) is 112 Å². The quantitative estimate of drug-likeness (QED) is 0.808. The Labute approximate surface area is 116 Å². The van der Waals surface area contributed by atoms with Crippen LogP contribution in [0.15, 0.2) is 10.5 Å². The molecule has 1 aromatic rings. The van der Waals surface area contributed by atoms with Gasteiger partial charge in [-0.3, -0.25) is 10.1 Å². The number of urea groups is 1. The summed E-state index contributed by atoms with van der Waals surface area (Å²) in [6.45, 7) is 6.69. The Bertz CT molecular complexity index is 533. The summed E-state index contributed by atoms with van der Waals surface area (Å²) in [6, 6.07) is 0.535. The number of hydrogen-bond donors (Lipinski definition) is 2. The Hall–Kier alpha value is -2.31. The minimum Gasteiger partial charge on any atom is -0.466 e. The lowest BCUT2D eigenvalue weighted by atomic mass is 10.1. The molecule has 3 N–H and O–H groups in total. The van der Waals surface area contributed by atoms with Gasteiger partial charge in [0.1, 0.15) is 17.1 Å². The van der Waals surface area contributed by atoms with E-state index in [2.05, 4.69) is 0 Å². The third-order valence-corrected chi connectivity index (χ3v) is 2.61. The number of hydrogen-bond acceptors (Lipinski definition) is 5. The predicted molar refractivity (Wildman–Crippen MR) is 69.9 cm³/mol. The zero-order valence-corrected chi connectivity index (χ0v) is 11.9. The highest BCUT2D eigenvalue weighted by molar-refractivity contribution is 5.98. The van der Waals surface area contributed by atoms with Crippen LogP contribution in [0.25, 0.3) is 0 Å². The molecule has 1 rings (SSSR count). The first kappa shape index (κ1) is 15.7. The molecule has 20 heavy (non-hydrogen) atoms. The van der Waals surface area contributed by atoms with Crippen LogP contribution in [0.3, 0.4) is 0 Å². The number of ether oxygens (including phenoxy) is 1. The molecule has 7 heteroatoms. The van der Waals surface area contributed by atoms with Crippen molar-refractivity contribution in [2.24, 2.45) is 11.7 Å². The molecule has 0 radical (unpaired) electrons. The van der Waals surface area contributed by atoms with Crippen molar-refractivity contribution in [3.63, 3.8) is 0 Å². The summed E-state index contributed by atoms with van der Waals surface area (Å²) >= 11 is 0. The Kier molecular flexibility index (Phi) is 4.90. The second-order valence-electron chi connectivity index (χ2n) is 4.75. The number of imide groups is 1. The molecule has 0 bridgehead atoms. The van der Waals surface area contributed by atoms with Crippen LogP contribution in [-0.2, 0) is 9.53 Å². The maximum Gasteiger partial charge on any atom is 0.342 e. The van der Waals surface area contributed by atoms with E-state index in [1.54, 1.807) is 27.7 Å². The maximum atomic E-state index is 12.0. The molecule has 1 heterocycles. The lowest BCUT2D eigenvalue weighted by Crippen LogP contribution is -2.45. The molecule has 0 aliphatic rings. The third kappa shape index (κ3) is 3.84. The van der Waals surface area contributed by atoms with Gasteiger partial charge in [0, 0.05) is 0 Å². The summed E-state index contributed by atoms with van der Waals surface area (Å²) in [6.07, 6.45) is -1.11. The van der Waals surface area contributed by atoms with Crippen molar-refractivity contribution in [2.45, 2.75) is 33.8 Å². The summed E-state index contributed by atoms with van der Waals surface area (Å²) < 4.78 is 10.4. The minimum absolute atomic E-state index is 0.250. The van der Waals surface area contributed by atoms with Crippen LogP contribution in [-0.4, -0.2) is 24.0 Å². The van der Waals surface area contributed by atoms with Crippen molar-refractivity contribution >= 4 is 17.9 Å². The van der Waals surface area contributed by atoms with E-state index in [1.807, 2.05) is 5.32 Å². The molecule has 0 saturated heterocycles. The molecular formula is C13H18N2O5. The van der Waals surface area contributed by atoms with Crippen LogP contribution in [0.4, 0.5) is 4.79 Å². The van der Waals surface area contributed by atoms with Gasteiger partial charge in [0.05, 0.1) is 0 Å². The van der Waals surface area contributed by atoms with Crippen LogP contribution < -0.4 is 11.1 Å². The smallest absolute Gasteiger partial charge is 0.342 e. The first-order valence-corrected chi connectivity index (χ1v) is 6.10. The van der Waals surface area contributed by atoms with E-state index >= 15 is 0 Å². The van der Waals surface area contributed by atoms with Crippen molar-refractivity contribution in [1.29, 1.82) is 0 Å². The van der Waals surface area contributed by atoms with Crippen LogP contribution in [0, 0.1) is 19.8 Å². The first-order valence-electron chi connectivity index (χ1n) is 6.10. The van der Waals surface area contributed by atoms with Gasteiger partial charge in [-0.2, -0.15) is 0 Å². The van der Waals surface area contributed by atoms with Gasteiger partial charge >= 0.3 is 12.0 Å². The second kappa shape index (κ2) is 6.23. The fourth-order valence-corrected chi connectivity index (χ4v) is 1.70. The largest absolute Gasteiger partial charge is 0.466 e. The third-order valence-electron chi connectivity index (χ3n) is 2.61. The van der Waals surface area contributed by atoms with E-state index in [1.165, 1.54) is 6.07 Å². The van der Waals surface area contributed by atoms with Gasteiger partial charge in [0.25, 0.3) is 5.91 Å². The Morgan fingerprint density at radius 1 is 1.30 bits per heavy atom. The number of carbonyl (C=O) groups excluding carboxylic acids is 3. The number of nitrogens with one attached hydrogen (secondary N) is 1. The van der Waals surface area contributed by atoms with E-state index in [9.17, 15) is 14.4 Å². The van der Waals surface area contributed by atoms with Crippen molar-refractivity contribution < 1.29 is 23.5 Å². The fourth-order valence-electron chi connectivity index (χ4n) is 1.70. The highest BCUT2D eigenvalue weighted by atomic mass is 16.5. The van der Waals surface area contributed by atoms with Crippen molar-refractivity contribution in [3.05, 3.63) is 23.2 Å².